The molecule has 0 unspecified atom stereocenters. The number of likely N-dealkylation sites (tertiary alicyclic amines) is 1. The van der Waals surface area contributed by atoms with Crippen molar-refractivity contribution in [2.75, 3.05) is 26.3 Å². The largest absolute Gasteiger partial charge is 0.350 e. The highest BCUT2D eigenvalue weighted by Gasteiger charge is 2.35. The molecule has 2 aliphatic heterocycles. The van der Waals surface area contributed by atoms with Gasteiger partial charge in [-0.25, -0.2) is 0 Å². The first-order chi connectivity index (χ1) is 9.63. The Bertz CT molecular complexity index is 313. The highest BCUT2D eigenvalue weighted by Crippen LogP contribution is 2.28. The third-order valence-electron chi connectivity index (χ3n) is 4.52. The molecule has 2 saturated heterocycles. The lowest BCUT2D eigenvalue weighted by Gasteiger charge is -2.37. The predicted octanol–water partition coefficient (Wildman–Crippen LogP) is 2.67. The van der Waals surface area contributed by atoms with Crippen molar-refractivity contribution >= 4 is 5.91 Å². The standard InChI is InChI=1S/C16H29NO3/c1-4-6-14(12(2)3)15(18)17-8-5-7-13(11-17)16-19-9-10-20-16/h12-14,16H,4-11H2,1-3H3/t13-,14+/m0/s1. The molecule has 2 fully saturated rings. The van der Waals surface area contributed by atoms with Gasteiger partial charge in [-0.2, -0.15) is 0 Å². The van der Waals surface area contributed by atoms with Crippen molar-refractivity contribution < 1.29 is 14.3 Å². The maximum Gasteiger partial charge on any atom is 0.225 e. The van der Waals surface area contributed by atoms with Crippen LogP contribution < -0.4 is 0 Å². The summed E-state index contributed by atoms with van der Waals surface area (Å²) < 4.78 is 11.2. The van der Waals surface area contributed by atoms with Crippen molar-refractivity contribution in [1.29, 1.82) is 0 Å². The van der Waals surface area contributed by atoms with E-state index in [0.717, 1.165) is 38.8 Å². The summed E-state index contributed by atoms with van der Waals surface area (Å²) in [6.45, 7) is 9.55. The summed E-state index contributed by atoms with van der Waals surface area (Å²) in [5.41, 5.74) is 0. The number of piperidine rings is 1. The predicted molar refractivity (Wildman–Crippen MR) is 78.2 cm³/mol. The molecular formula is C16H29NO3. The topological polar surface area (TPSA) is 38.8 Å². The van der Waals surface area contributed by atoms with Crippen molar-refractivity contribution in [3.05, 3.63) is 0 Å². The van der Waals surface area contributed by atoms with Crippen LogP contribution in [0.25, 0.3) is 0 Å². The van der Waals surface area contributed by atoms with Crippen molar-refractivity contribution in [3.63, 3.8) is 0 Å². The Hall–Kier alpha value is -0.610. The first-order valence-electron chi connectivity index (χ1n) is 8.15. The minimum Gasteiger partial charge on any atom is -0.350 e. The summed E-state index contributed by atoms with van der Waals surface area (Å²) in [5, 5.41) is 0. The third-order valence-corrected chi connectivity index (χ3v) is 4.52. The summed E-state index contributed by atoms with van der Waals surface area (Å²) in [4.78, 5) is 14.8. The molecule has 0 saturated carbocycles. The Kier molecular flexibility index (Phi) is 5.85. The molecular weight excluding hydrogens is 254 g/mol. The molecule has 0 N–H and O–H groups in total. The summed E-state index contributed by atoms with van der Waals surface area (Å²) >= 11 is 0. The zero-order valence-electron chi connectivity index (χ0n) is 13.1. The van der Waals surface area contributed by atoms with Crippen molar-refractivity contribution in [2.45, 2.75) is 52.7 Å². The van der Waals surface area contributed by atoms with Gasteiger partial charge in [0, 0.05) is 24.9 Å². The number of hydrogen-bond donors (Lipinski definition) is 0. The van der Waals surface area contributed by atoms with Gasteiger partial charge in [-0.1, -0.05) is 27.2 Å². The second-order valence-electron chi connectivity index (χ2n) is 6.44. The number of carbonyl (C=O) groups is 1. The molecule has 0 radical (unpaired) electrons. The van der Waals surface area contributed by atoms with Gasteiger partial charge in [-0.05, 0) is 25.2 Å². The SMILES string of the molecule is CCC[C@@H](C(=O)N1CCC[C@H](C2OCCO2)C1)C(C)C. The molecule has 0 bridgehead atoms. The molecule has 0 spiro atoms. The fourth-order valence-electron chi connectivity index (χ4n) is 3.37. The molecule has 20 heavy (non-hydrogen) atoms. The molecule has 0 aromatic rings. The number of hydrogen-bond acceptors (Lipinski definition) is 3. The molecule has 2 aliphatic rings. The fourth-order valence-corrected chi connectivity index (χ4v) is 3.37. The van der Waals surface area contributed by atoms with E-state index in [0.29, 0.717) is 31.0 Å². The maximum absolute atomic E-state index is 12.7. The second kappa shape index (κ2) is 7.41. The molecule has 1 amide bonds. The van der Waals surface area contributed by atoms with E-state index in [2.05, 4.69) is 25.7 Å². The lowest BCUT2D eigenvalue weighted by molar-refractivity contribution is -0.144. The Balaban J connectivity index is 1.94. The van der Waals surface area contributed by atoms with Gasteiger partial charge >= 0.3 is 0 Å². The molecule has 0 aromatic carbocycles. The van der Waals surface area contributed by atoms with Crippen LogP contribution in [0.5, 0.6) is 0 Å². The minimum atomic E-state index is -0.0886. The number of amides is 1. The van der Waals surface area contributed by atoms with E-state index in [-0.39, 0.29) is 12.2 Å². The monoisotopic (exact) mass is 283 g/mol. The molecule has 2 heterocycles. The van der Waals surface area contributed by atoms with Crippen LogP contribution in [0.3, 0.4) is 0 Å². The second-order valence-corrected chi connectivity index (χ2v) is 6.44. The number of rotatable bonds is 5. The van der Waals surface area contributed by atoms with Crippen LogP contribution in [0.1, 0.15) is 46.5 Å². The lowest BCUT2D eigenvalue weighted by atomic mass is 9.88. The van der Waals surface area contributed by atoms with Crippen LogP contribution in [0, 0.1) is 17.8 Å². The zero-order chi connectivity index (χ0) is 14.5. The summed E-state index contributed by atoms with van der Waals surface area (Å²) in [7, 11) is 0. The van der Waals surface area contributed by atoms with Crippen LogP contribution in [0.4, 0.5) is 0 Å². The van der Waals surface area contributed by atoms with Crippen LogP contribution >= 0.6 is 0 Å². The lowest BCUT2D eigenvalue weighted by Crippen LogP contribution is -2.46. The van der Waals surface area contributed by atoms with Gasteiger partial charge in [0.05, 0.1) is 13.2 Å². The number of carbonyl (C=O) groups excluding carboxylic acids is 1. The average Bonchev–Trinajstić information content (AvgIpc) is 2.98. The van der Waals surface area contributed by atoms with E-state index in [1.54, 1.807) is 0 Å². The maximum atomic E-state index is 12.7. The normalized spacial score (nSPS) is 26.2. The van der Waals surface area contributed by atoms with E-state index in [1.807, 2.05) is 0 Å². The van der Waals surface area contributed by atoms with E-state index in [9.17, 15) is 4.79 Å². The van der Waals surface area contributed by atoms with Gasteiger partial charge in [-0.15, -0.1) is 0 Å². The van der Waals surface area contributed by atoms with E-state index >= 15 is 0 Å². The van der Waals surface area contributed by atoms with Gasteiger partial charge in [0.15, 0.2) is 6.29 Å². The summed E-state index contributed by atoms with van der Waals surface area (Å²) in [5.74, 6) is 1.28. The quantitative estimate of drug-likeness (QED) is 0.778. The molecule has 4 heteroatoms. The first-order valence-corrected chi connectivity index (χ1v) is 8.15. The molecule has 0 aromatic heterocycles. The Morgan fingerprint density at radius 1 is 1.30 bits per heavy atom. The summed E-state index contributed by atoms with van der Waals surface area (Å²) in [6.07, 6.45) is 4.15. The highest BCUT2D eigenvalue weighted by molar-refractivity contribution is 5.79. The highest BCUT2D eigenvalue weighted by atomic mass is 16.7. The smallest absolute Gasteiger partial charge is 0.225 e. The van der Waals surface area contributed by atoms with E-state index < -0.39 is 0 Å². The fraction of sp³-hybridized carbons (Fsp3) is 0.938. The van der Waals surface area contributed by atoms with Crippen molar-refractivity contribution in [3.8, 4) is 0 Å². The van der Waals surface area contributed by atoms with Crippen LogP contribution in [0.2, 0.25) is 0 Å². The minimum absolute atomic E-state index is 0.0886. The summed E-state index contributed by atoms with van der Waals surface area (Å²) in [6, 6.07) is 0. The molecule has 4 nitrogen and oxygen atoms in total. The van der Waals surface area contributed by atoms with Crippen molar-refractivity contribution in [1.82, 2.24) is 4.90 Å². The number of nitrogens with zero attached hydrogens (tertiary/aromatic N) is 1. The van der Waals surface area contributed by atoms with Crippen molar-refractivity contribution in [2.24, 2.45) is 17.8 Å². The Morgan fingerprint density at radius 3 is 2.60 bits per heavy atom. The third kappa shape index (κ3) is 3.73. The van der Waals surface area contributed by atoms with Gasteiger partial charge in [0.1, 0.15) is 0 Å². The zero-order valence-corrected chi connectivity index (χ0v) is 13.1. The molecule has 116 valence electrons. The van der Waals surface area contributed by atoms with Crippen LogP contribution in [-0.4, -0.2) is 43.4 Å². The van der Waals surface area contributed by atoms with Crippen LogP contribution in [-0.2, 0) is 14.3 Å². The van der Waals surface area contributed by atoms with Crippen LogP contribution in [0.15, 0.2) is 0 Å². The average molecular weight is 283 g/mol. The Morgan fingerprint density at radius 2 is 2.00 bits per heavy atom. The van der Waals surface area contributed by atoms with E-state index in [4.69, 9.17) is 9.47 Å². The Labute approximate surface area is 122 Å². The van der Waals surface area contributed by atoms with Gasteiger partial charge in [0.25, 0.3) is 0 Å². The molecule has 2 atom stereocenters. The van der Waals surface area contributed by atoms with Gasteiger partial charge < -0.3 is 14.4 Å². The molecule has 2 rings (SSSR count). The van der Waals surface area contributed by atoms with E-state index in [1.165, 1.54) is 0 Å². The van der Waals surface area contributed by atoms with Gasteiger partial charge in [0.2, 0.25) is 5.91 Å². The van der Waals surface area contributed by atoms with Gasteiger partial charge in [-0.3, -0.25) is 4.79 Å². The molecule has 0 aliphatic carbocycles. The number of ether oxygens (including phenoxy) is 2. The first kappa shape index (κ1) is 15.8.